The molecule has 1 aliphatic rings. The van der Waals surface area contributed by atoms with Crippen molar-refractivity contribution < 1.29 is 4.79 Å². The van der Waals surface area contributed by atoms with Gasteiger partial charge in [0.1, 0.15) is 17.8 Å². The SMILES string of the molecule is Cn1cnnc1CC1CCN(C(=O)c2cc3c(Cl)cccc3[nH]2)CC1. The van der Waals surface area contributed by atoms with Gasteiger partial charge in [0.15, 0.2) is 0 Å². The Kier molecular flexibility index (Phi) is 4.21. The molecule has 25 heavy (non-hydrogen) atoms. The van der Waals surface area contributed by atoms with E-state index in [1.54, 1.807) is 6.33 Å². The monoisotopic (exact) mass is 357 g/mol. The number of amides is 1. The number of benzene rings is 1. The van der Waals surface area contributed by atoms with Gasteiger partial charge in [0.25, 0.3) is 5.91 Å². The summed E-state index contributed by atoms with van der Waals surface area (Å²) in [4.78, 5) is 17.9. The first kappa shape index (κ1) is 16.1. The van der Waals surface area contributed by atoms with E-state index in [4.69, 9.17) is 11.6 Å². The number of fused-ring (bicyclic) bond motifs is 1. The molecule has 0 atom stereocenters. The van der Waals surface area contributed by atoms with Gasteiger partial charge in [-0.05, 0) is 37.0 Å². The van der Waals surface area contributed by atoms with Crippen molar-refractivity contribution in [1.29, 1.82) is 0 Å². The number of aryl methyl sites for hydroxylation is 1. The number of halogens is 1. The second-order valence-electron chi connectivity index (χ2n) is 6.68. The maximum Gasteiger partial charge on any atom is 0.270 e. The zero-order chi connectivity index (χ0) is 17.4. The van der Waals surface area contributed by atoms with Crippen LogP contribution in [-0.4, -0.2) is 43.6 Å². The van der Waals surface area contributed by atoms with Crippen LogP contribution in [0.2, 0.25) is 5.02 Å². The summed E-state index contributed by atoms with van der Waals surface area (Å²) in [6.45, 7) is 1.54. The highest BCUT2D eigenvalue weighted by Gasteiger charge is 2.25. The van der Waals surface area contributed by atoms with E-state index in [2.05, 4.69) is 15.2 Å². The number of rotatable bonds is 3. The minimum Gasteiger partial charge on any atom is -0.350 e. The number of nitrogens with zero attached hydrogens (tertiary/aromatic N) is 4. The number of carbonyl (C=O) groups excluding carboxylic acids is 1. The summed E-state index contributed by atoms with van der Waals surface area (Å²) in [6, 6.07) is 7.51. The van der Waals surface area contributed by atoms with E-state index in [0.717, 1.165) is 49.1 Å². The highest BCUT2D eigenvalue weighted by molar-refractivity contribution is 6.35. The molecule has 7 heteroatoms. The molecule has 2 aromatic heterocycles. The maximum absolute atomic E-state index is 12.8. The van der Waals surface area contributed by atoms with Crippen molar-refractivity contribution in [1.82, 2.24) is 24.6 Å². The first-order valence-electron chi connectivity index (χ1n) is 8.51. The molecule has 1 aromatic carbocycles. The fourth-order valence-corrected chi connectivity index (χ4v) is 3.72. The van der Waals surface area contributed by atoms with Crippen molar-refractivity contribution in [2.24, 2.45) is 13.0 Å². The average Bonchev–Trinajstić information content (AvgIpc) is 3.23. The molecule has 0 spiro atoms. The summed E-state index contributed by atoms with van der Waals surface area (Å²) < 4.78 is 1.96. The van der Waals surface area contributed by atoms with Crippen molar-refractivity contribution in [3.05, 3.63) is 47.1 Å². The third-order valence-corrected chi connectivity index (χ3v) is 5.35. The van der Waals surface area contributed by atoms with Gasteiger partial charge < -0.3 is 14.5 Å². The van der Waals surface area contributed by atoms with Crippen LogP contribution in [-0.2, 0) is 13.5 Å². The van der Waals surface area contributed by atoms with E-state index < -0.39 is 0 Å². The number of H-pyrrole nitrogens is 1. The van der Waals surface area contributed by atoms with Crippen LogP contribution in [0, 0.1) is 5.92 Å². The Hall–Kier alpha value is -2.34. The number of likely N-dealkylation sites (tertiary alicyclic amines) is 1. The zero-order valence-corrected chi connectivity index (χ0v) is 14.8. The topological polar surface area (TPSA) is 66.8 Å². The van der Waals surface area contributed by atoms with Crippen LogP contribution in [0.1, 0.15) is 29.2 Å². The molecule has 3 heterocycles. The Labute approximate surface area is 150 Å². The van der Waals surface area contributed by atoms with Crippen molar-refractivity contribution >= 4 is 28.4 Å². The molecule has 1 N–H and O–H groups in total. The summed E-state index contributed by atoms with van der Waals surface area (Å²) in [6.07, 6.45) is 4.62. The molecule has 1 amide bonds. The largest absolute Gasteiger partial charge is 0.350 e. The number of carbonyl (C=O) groups is 1. The molecule has 3 aromatic rings. The molecule has 0 unspecified atom stereocenters. The van der Waals surface area contributed by atoms with Crippen LogP contribution in [0.3, 0.4) is 0 Å². The molecule has 0 saturated carbocycles. The predicted octanol–water partition coefficient (Wildman–Crippen LogP) is 3.04. The third-order valence-electron chi connectivity index (χ3n) is 5.02. The fourth-order valence-electron chi connectivity index (χ4n) is 3.49. The van der Waals surface area contributed by atoms with Gasteiger partial charge >= 0.3 is 0 Å². The fraction of sp³-hybridized carbons (Fsp3) is 0.389. The molecule has 1 fully saturated rings. The quantitative estimate of drug-likeness (QED) is 0.783. The van der Waals surface area contributed by atoms with E-state index in [1.165, 1.54) is 0 Å². The predicted molar refractivity (Wildman–Crippen MR) is 96.6 cm³/mol. The second-order valence-corrected chi connectivity index (χ2v) is 7.09. The summed E-state index contributed by atoms with van der Waals surface area (Å²) in [7, 11) is 1.97. The maximum atomic E-state index is 12.8. The molecular formula is C18H20ClN5O. The van der Waals surface area contributed by atoms with Crippen molar-refractivity contribution in [3.8, 4) is 0 Å². The highest BCUT2D eigenvalue weighted by atomic mass is 35.5. The average molecular weight is 358 g/mol. The molecule has 0 aliphatic carbocycles. The number of piperidine rings is 1. The number of hydrogen-bond donors (Lipinski definition) is 1. The lowest BCUT2D eigenvalue weighted by Gasteiger charge is -2.31. The van der Waals surface area contributed by atoms with Crippen LogP contribution >= 0.6 is 11.6 Å². The van der Waals surface area contributed by atoms with E-state index >= 15 is 0 Å². The van der Waals surface area contributed by atoms with Gasteiger partial charge in [-0.1, -0.05) is 17.7 Å². The van der Waals surface area contributed by atoms with Crippen LogP contribution in [0.15, 0.2) is 30.6 Å². The molecule has 6 nitrogen and oxygen atoms in total. The van der Waals surface area contributed by atoms with Gasteiger partial charge in [0.2, 0.25) is 0 Å². The zero-order valence-electron chi connectivity index (χ0n) is 14.1. The molecular weight excluding hydrogens is 338 g/mol. The molecule has 4 rings (SSSR count). The Bertz CT molecular complexity index is 907. The van der Waals surface area contributed by atoms with E-state index in [-0.39, 0.29) is 5.91 Å². The smallest absolute Gasteiger partial charge is 0.270 e. The van der Waals surface area contributed by atoms with Crippen LogP contribution in [0.4, 0.5) is 0 Å². The molecule has 0 radical (unpaired) electrons. The van der Waals surface area contributed by atoms with Gasteiger partial charge in [-0.3, -0.25) is 4.79 Å². The summed E-state index contributed by atoms with van der Waals surface area (Å²) in [5, 5.41) is 9.65. The van der Waals surface area contributed by atoms with Crippen molar-refractivity contribution in [3.63, 3.8) is 0 Å². The Balaban J connectivity index is 1.42. The Morgan fingerprint density at radius 1 is 1.36 bits per heavy atom. The lowest BCUT2D eigenvalue weighted by atomic mass is 9.93. The first-order valence-corrected chi connectivity index (χ1v) is 8.89. The normalized spacial score (nSPS) is 15.8. The molecule has 130 valence electrons. The van der Waals surface area contributed by atoms with E-state index in [0.29, 0.717) is 16.6 Å². The van der Waals surface area contributed by atoms with Crippen molar-refractivity contribution in [2.75, 3.05) is 13.1 Å². The molecule has 1 saturated heterocycles. The third kappa shape index (κ3) is 3.14. The van der Waals surface area contributed by atoms with Gasteiger partial charge in [-0.15, -0.1) is 10.2 Å². The van der Waals surface area contributed by atoms with Gasteiger partial charge in [-0.2, -0.15) is 0 Å². The van der Waals surface area contributed by atoms with Gasteiger partial charge in [0.05, 0.1) is 0 Å². The summed E-state index contributed by atoms with van der Waals surface area (Å²) in [5.74, 6) is 1.60. The van der Waals surface area contributed by atoms with Crippen LogP contribution in [0.25, 0.3) is 10.9 Å². The van der Waals surface area contributed by atoms with Gasteiger partial charge in [-0.25, -0.2) is 0 Å². The second kappa shape index (κ2) is 6.52. The summed E-state index contributed by atoms with van der Waals surface area (Å²) in [5.41, 5.74) is 1.50. The lowest BCUT2D eigenvalue weighted by Crippen LogP contribution is -2.39. The van der Waals surface area contributed by atoms with Crippen LogP contribution < -0.4 is 0 Å². The first-order chi connectivity index (χ1) is 12.1. The minimum atomic E-state index is 0.0457. The van der Waals surface area contributed by atoms with E-state index in [1.807, 2.05) is 40.8 Å². The number of aromatic nitrogens is 4. The molecule has 1 aliphatic heterocycles. The number of aromatic amines is 1. The van der Waals surface area contributed by atoms with Crippen LogP contribution in [0.5, 0.6) is 0 Å². The Morgan fingerprint density at radius 3 is 2.84 bits per heavy atom. The van der Waals surface area contributed by atoms with Gasteiger partial charge in [0, 0.05) is 42.5 Å². The number of nitrogens with one attached hydrogen (secondary N) is 1. The number of hydrogen-bond acceptors (Lipinski definition) is 3. The van der Waals surface area contributed by atoms with Crippen molar-refractivity contribution in [2.45, 2.75) is 19.3 Å². The minimum absolute atomic E-state index is 0.0457. The summed E-state index contributed by atoms with van der Waals surface area (Å²) >= 11 is 6.20. The molecule has 0 bridgehead atoms. The lowest BCUT2D eigenvalue weighted by molar-refractivity contribution is 0.0684. The standard InChI is InChI=1S/C18H20ClN5O/c1-23-11-20-22-17(23)9-12-5-7-24(8-6-12)18(25)16-10-13-14(19)3-2-4-15(13)21-16/h2-4,10-12,21H,5-9H2,1H3. The highest BCUT2D eigenvalue weighted by Crippen LogP contribution is 2.26. The Morgan fingerprint density at radius 2 is 2.16 bits per heavy atom. The van der Waals surface area contributed by atoms with E-state index in [9.17, 15) is 4.79 Å².